The number of phenols is 1. The molecule has 0 fully saturated rings. The van der Waals surface area contributed by atoms with Crippen LogP contribution in [0.1, 0.15) is 5.56 Å². The number of aromatic hydroxyl groups is 1. The van der Waals surface area contributed by atoms with Crippen molar-refractivity contribution in [1.29, 1.82) is 0 Å². The number of hydrogen-bond acceptors (Lipinski definition) is 6. The lowest BCUT2D eigenvalue weighted by molar-refractivity contribution is -0.385. The Kier molecular flexibility index (Phi) is 4.60. The molecule has 0 saturated heterocycles. The molecule has 0 aromatic heterocycles. The number of sulfonamides is 1. The molecule has 0 atom stereocenters. The predicted molar refractivity (Wildman–Crippen MR) is 82.5 cm³/mol. The van der Waals surface area contributed by atoms with E-state index >= 15 is 0 Å². The Bertz CT molecular complexity index is 862. The minimum atomic E-state index is -4.00. The van der Waals surface area contributed by atoms with E-state index in [-0.39, 0.29) is 22.0 Å². The second-order valence-electron chi connectivity index (χ2n) is 4.36. The van der Waals surface area contributed by atoms with Gasteiger partial charge in [0.1, 0.15) is 0 Å². The van der Waals surface area contributed by atoms with Crippen LogP contribution in [-0.4, -0.2) is 31.8 Å². The zero-order chi connectivity index (χ0) is 17.0. The first-order valence-corrected chi connectivity index (χ1v) is 7.70. The minimum Gasteiger partial charge on any atom is -0.504 e. The second-order valence-corrected chi connectivity index (χ2v) is 5.99. The molecule has 0 amide bonds. The third-order valence-corrected chi connectivity index (χ3v) is 4.15. The smallest absolute Gasteiger partial charge is 0.282 e. The van der Waals surface area contributed by atoms with Crippen LogP contribution < -0.4 is 4.74 Å². The van der Waals surface area contributed by atoms with E-state index < -0.39 is 20.6 Å². The summed E-state index contributed by atoms with van der Waals surface area (Å²) < 4.78 is 32.3. The summed E-state index contributed by atoms with van der Waals surface area (Å²) in [7, 11) is -2.75. The number of rotatable bonds is 5. The Morgan fingerprint density at radius 2 is 1.91 bits per heavy atom. The van der Waals surface area contributed by atoms with Gasteiger partial charge in [0, 0.05) is 0 Å². The van der Waals surface area contributed by atoms with Crippen LogP contribution in [0, 0.1) is 10.1 Å². The molecule has 0 radical (unpaired) electrons. The molecule has 2 aromatic carbocycles. The monoisotopic (exact) mass is 336 g/mol. The van der Waals surface area contributed by atoms with Crippen LogP contribution in [0.2, 0.25) is 0 Å². The fraction of sp³-hybridized carbons (Fsp3) is 0.0714. The third-order valence-electron chi connectivity index (χ3n) is 2.90. The molecule has 1 N–H and O–H groups in total. The van der Waals surface area contributed by atoms with E-state index in [4.69, 9.17) is 4.74 Å². The maximum Gasteiger partial charge on any atom is 0.282 e. The fourth-order valence-corrected chi connectivity index (χ4v) is 2.65. The van der Waals surface area contributed by atoms with Crippen molar-refractivity contribution in [1.82, 2.24) is 0 Å². The standard InChI is InChI=1S/C14H12N2O6S/c1-22-14-8-12(16(18)19)10(7-13(14)17)9-15-23(20,21)11-5-3-2-4-6-11/h2-9,17H,1H3/b15-9-. The Hall–Kier alpha value is -2.94. The molecule has 0 spiro atoms. The maximum absolute atomic E-state index is 12.0. The molecule has 8 nitrogen and oxygen atoms in total. The molecule has 0 aliphatic rings. The predicted octanol–water partition coefficient (Wildman–Crippen LogP) is 2.12. The molecule has 0 aliphatic carbocycles. The number of nitro benzene ring substituents is 1. The Morgan fingerprint density at radius 1 is 1.26 bits per heavy atom. The van der Waals surface area contributed by atoms with Gasteiger partial charge in [-0.2, -0.15) is 12.8 Å². The maximum atomic E-state index is 12.0. The Labute approximate surface area is 131 Å². The average molecular weight is 336 g/mol. The molecule has 2 rings (SSSR count). The number of hydrogen-bond donors (Lipinski definition) is 1. The zero-order valence-corrected chi connectivity index (χ0v) is 12.7. The molecule has 2 aromatic rings. The van der Waals surface area contributed by atoms with Gasteiger partial charge in [-0.1, -0.05) is 18.2 Å². The van der Waals surface area contributed by atoms with Crippen molar-refractivity contribution in [2.24, 2.45) is 4.40 Å². The van der Waals surface area contributed by atoms with Gasteiger partial charge in [0.25, 0.3) is 15.7 Å². The van der Waals surface area contributed by atoms with E-state index in [1.54, 1.807) is 6.07 Å². The van der Waals surface area contributed by atoms with Gasteiger partial charge >= 0.3 is 0 Å². The van der Waals surface area contributed by atoms with Crippen molar-refractivity contribution < 1.29 is 23.2 Å². The van der Waals surface area contributed by atoms with Crippen LogP contribution in [0.5, 0.6) is 11.5 Å². The van der Waals surface area contributed by atoms with Gasteiger partial charge < -0.3 is 9.84 Å². The summed E-state index contributed by atoms with van der Waals surface area (Å²) in [4.78, 5) is 10.3. The van der Waals surface area contributed by atoms with E-state index in [1.807, 2.05) is 0 Å². The summed E-state index contributed by atoms with van der Waals surface area (Å²) in [5.74, 6) is -0.462. The third kappa shape index (κ3) is 3.64. The molecule has 0 unspecified atom stereocenters. The highest BCUT2D eigenvalue weighted by molar-refractivity contribution is 7.90. The van der Waals surface area contributed by atoms with Gasteiger partial charge in [-0.15, -0.1) is 0 Å². The number of nitrogens with zero attached hydrogens (tertiary/aromatic N) is 2. The van der Waals surface area contributed by atoms with Gasteiger partial charge in [0.2, 0.25) is 0 Å². The summed E-state index contributed by atoms with van der Waals surface area (Å²) in [6.45, 7) is 0. The molecular formula is C14H12N2O6S. The van der Waals surface area contributed by atoms with Crippen LogP contribution in [-0.2, 0) is 10.0 Å². The van der Waals surface area contributed by atoms with Gasteiger partial charge in [-0.3, -0.25) is 10.1 Å². The number of benzene rings is 2. The van der Waals surface area contributed by atoms with E-state index in [0.29, 0.717) is 0 Å². The number of methoxy groups -OCH3 is 1. The van der Waals surface area contributed by atoms with Gasteiger partial charge in [-0.05, 0) is 18.2 Å². The molecule has 9 heteroatoms. The van der Waals surface area contributed by atoms with Crippen molar-refractivity contribution >= 4 is 21.9 Å². The highest BCUT2D eigenvalue weighted by Gasteiger charge is 2.19. The largest absolute Gasteiger partial charge is 0.504 e. The molecule has 120 valence electrons. The summed E-state index contributed by atoms with van der Waals surface area (Å²) >= 11 is 0. The van der Waals surface area contributed by atoms with E-state index in [0.717, 1.165) is 18.3 Å². The average Bonchev–Trinajstić information content (AvgIpc) is 2.53. The summed E-state index contributed by atoms with van der Waals surface area (Å²) in [5, 5.41) is 20.7. The van der Waals surface area contributed by atoms with Crippen LogP contribution in [0.4, 0.5) is 5.69 Å². The first-order chi connectivity index (χ1) is 10.8. The lowest BCUT2D eigenvalue weighted by atomic mass is 10.1. The SMILES string of the molecule is COc1cc([N+](=O)[O-])c(/C=N\S(=O)(=O)c2ccccc2)cc1O. The molecule has 0 saturated carbocycles. The van der Waals surface area contributed by atoms with Crippen LogP contribution in [0.25, 0.3) is 0 Å². The molecule has 0 aliphatic heterocycles. The first-order valence-electron chi connectivity index (χ1n) is 6.26. The summed E-state index contributed by atoms with van der Waals surface area (Å²) in [6, 6.07) is 9.43. The normalized spacial score (nSPS) is 11.5. The number of phenolic OH excluding ortho intramolecular Hbond substituents is 1. The molecular weight excluding hydrogens is 324 g/mol. The highest BCUT2D eigenvalue weighted by atomic mass is 32.2. The first kappa shape index (κ1) is 16.4. The van der Waals surface area contributed by atoms with Gasteiger partial charge in [-0.25, -0.2) is 0 Å². The lowest BCUT2D eigenvalue weighted by Crippen LogP contribution is -2.00. The Balaban J connectivity index is 2.47. The van der Waals surface area contributed by atoms with Crippen LogP contribution in [0.3, 0.4) is 0 Å². The van der Waals surface area contributed by atoms with E-state index in [2.05, 4.69) is 4.40 Å². The van der Waals surface area contributed by atoms with Crippen LogP contribution >= 0.6 is 0 Å². The second kappa shape index (κ2) is 6.44. The summed E-state index contributed by atoms with van der Waals surface area (Å²) in [5.41, 5.74) is -0.598. The van der Waals surface area contributed by atoms with Crippen molar-refractivity contribution in [2.75, 3.05) is 7.11 Å². The molecule has 0 bridgehead atoms. The minimum absolute atomic E-state index is 0.0448. The Morgan fingerprint density at radius 3 is 2.48 bits per heavy atom. The van der Waals surface area contributed by atoms with Crippen molar-refractivity contribution in [3.05, 3.63) is 58.1 Å². The lowest BCUT2D eigenvalue weighted by Gasteiger charge is -2.05. The fourth-order valence-electron chi connectivity index (χ4n) is 1.78. The topological polar surface area (TPSA) is 119 Å². The van der Waals surface area contributed by atoms with Crippen molar-refractivity contribution in [3.63, 3.8) is 0 Å². The number of ether oxygens (including phenoxy) is 1. The zero-order valence-electron chi connectivity index (χ0n) is 11.9. The molecule has 23 heavy (non-hydrogen) atoms. The van der Waals surface area contributed by atoms with E-state index in [9.17, 15) is 23.6 Å². The highest BCUT2D eigenvalue weighted by Crippen LogP contribution is 2.32. The van der Waals surface area contributed by atoms with Gasteiger partial charge in [0.05, 0.1) is 34.8 Å². The number of nitro groups is 1. The van der Waals surface area contributed by atoms with Gasteiger partial charge in [0.15, 0.2) is 11.5 Å². The van der Waals surface area contributed by atoms with E-state index in [1.165, 1.54) is 31.4 Å². The summed E-state index contributed by atoms with van der Waals surface area (Å²) in [6.07, 6.45) is 0.819. The van der Waals surface area contributed by atoms with Crippen LogP contribution in [0.15, 0.2) is 51.8 Å². The van der Waals surface area contributed by atoms with Crippen molar-refractivity contribution in [2.45, 2.75) is 4.90 Å². The quantitative estimate of drug-likeness (QED) is 0.507. The molecule has 0 heterocycles. The van der Waals surface area contributed by atoms with Crippen molar-refractivity contribution in [3.8, 4) is 11.5 Å².